The Kier molecular flexibility index (Phi) is 2.28. The van der Waals surface area contributed by atoms with Crippen LogP contribution in [0.1, 0.15) is 10.4 Å². The quantitative estimate of drug-likeness (QED) is 0.705. The van der Waals surface area contributed by atoms with Gasteiger partial charge in [-0.3, -0.25) is 4.79 Å². The maximum Gasteiger partial charge on any atom is 0.153 e. The van der Waals surface area contributed by atoms with E-state index < -0.39 is 0 Å². The highest BCUT2D eigenvalue weighted by Gasteiger charge is 1.99. The minimum atomic E-state index is 0.409. The van der Waals surface area contributed by atoms with E-state index in [9.17, 15) is 4.79 Å². The molecule has 0 radical (unpaired) electrons. The molecule has 4 nitrogen and oxygen atoms in total. The first-order valence-electron chi connectivity index (χ1n) is 3.92. The van der Waals surface area contributed by atoms with Gasteiger partial charge in [0.2, 0.25) is 0 Å². The van der Waals surface area contributed by atoms with Crippen LogP contribution in [0.2, 0.25) is 5.15 Å². The SMILES string of the molecule is O=Cc1ccc(-n2ccc(Cl)n2)nc1. The van der Waals surface area contributed by atoms with Gasteiger partial charge in [-0.05, 0) is 18.2 Å². The number of aldehydes is 1. The normalized spacial score (nSPS) is 10.1. The Balaban J connectivity index is 2.38. The largest absolute Gasteiger partial charge is 0.298 e. The molecule has 2 aromatic rings. The molecule has 0 fully saturated rings. The fourth-order valence-corrected chi connectivity index (χ4v) is 1.17. The summed E-state index contributed by atoms with van der Waals surface area (Å²) in [6.45, 7) is 0. The second kappa shape index (κ2) is 3.59. The molecular formula is C9H6ClN3O. The van der Waals surface area contributed by atoms with Crippen LogP contribution in [0.25, 0.3) is 5.82 Å². The minimum Gasteiger partial charge on any atom is -0.298 e. The molecule has 2 aromatic heterocycles. The Morgan fingerprint density at radius 3 is 2.71 bits per heavy atom. The van der Waals surface area contributed by atoms with Gasteiger partial charge < -0.3 is 0 Å². The molecule has 0 aromatic carbocycles. The molecule has 0 aliphatic heterocycles. The number of rotatable bonds is 2. The Bertz CT molecular complexity index is 449. The first kappa shape index (κ1) is 8.90. The van der Waals surface area contributed by atoms with Gasteiger partial charge in [-0.25, -0.2) is 9.67 Å². The number of pyridine rings is 1. The molecule has 2 heterocycles. The zero-order valence-corrected chi connectivity index (χ0v) is 7.85. The summed E-state index contributed by atoms with van der Waals surface area (Å²) in [6.07, 6.45) is 3.93. The third-order valence-electron chi connectivity index (χ3n) is 1.70. The van der Waals surface area contributed by atoms with E-state index in [1.165, 1.54) is 10.9 Å². The predicted molar refractivity (Wildman–Crippen MR) is 51.8 cm³/mol. The summed E-state index contributed by atoms with van der Waals surface area (Å²) in [5, 5.41) is 4.38. The van der Waals surface area contributed by atoms with Crippen LogP contribution in [0.3, 0.4) is 0 Å². The first-order valence-corrected chi connectivity index (χ1v) is 4.30. The highest BCUT2D eigenvalue weighted by Crippen LogP contribution is 2.08. The fourth-order valence-electron chi connectivity index (χ4n) is 1.03. The number of carbonyl (C=O) groups excluding carboxylic acids is 1. The summed E-state index contributed by atoms with van der Waals surface area (Å²) in [7, 11) is 0. The number of nitrogens with zero attached hydrogens (tertiary/aromatic N) is 3. The van der Waals surface area contributed by atoms with Gasteiger partial charge in [0.25, 0.3) is 0 Å². The molecule has 0 bridgehead atoms. The van der Waals surface area contributed by atoms with Crippen LogP contribution in [-0.2, 0) is 0 Å². The van der Waals surface area contributed by atoms with Crippen molar-refractivity contribution >= 4 is 17.9 Å². The number of halogens is 1. The van der Waals surface area contributed by atoms with Gasteiger partial charge >= 0.3 is 0 Å². The Labute approximate surface area is 85.1 Å². The van der Waals surface area contributed by atoms with E-state index in [2.05, 4.69) is 10.1 Å². The monoisotopic (exact) mass is 207 g/mol. The van der Waals surface area contributed by atoms with Gasteiger partial charge in [-0.2, -0.15) is 5.10 Å². The molecule has 0 N–H and O–H groups in total. The summed E-state index contributed by atoms with van der Waals surface area (Å²) in [5.41, 5.74) is 0.534. The molecule has 5 heteroatoms. The highest BCUT2D eigenvalue weighted by molar-refractivity contribution is 6.29. The molecule has 2 rings (SSSR count). The lowest BCUT2D eigenvalue weighted by Gasteiger charge is -1.98. The maximum absolute atomic E-state index is 10.4. The van der Waals surface area contributed by atoms with E-state index in [4.69, 9.17) is 11.6 Å². The first-order chi connectivity index (χ1) is 6.79. The van der Waals surface area contributed by atoms with Gasteiger partial charge in [0.05, 0.1) is 0 Å². The lowest BCUT2D eigenvalue weighted by atomic mass is 10.3. The van der Waals surface area contributed by atoms with Crippen molar-refractivity contribution < 1.29 is 4.79 Å². The highest BCUT2D eigenvalue weighted by atomic mass is 35.5. The third kappa shape index (κ3) is 1.65. The Morgan fingerprint density at radius 2 is 2.21 bits per heavy atom. The summed E-state index contributed by atoms with van der Waals surface area (Å²) < 4.78 is 1.54. The number of carbonyl (C=O) groups is 1. The van der Waals surface area contributed by atoms with Crippen LogP contribution in [0.5, 0.6) is 0 Å². The molecule has 0 aliphatic carbocycles. The van der Waals surface area contributed by atoms with E-state index in [1.807, 2.05) is 0 Å². The van der Waals surface area contributed by atoms with Gasteiger partial charge in [0, 0.05) is 18.0 Å². The number of aromatic nitrogens is 3. The summed E-state index contributed by atoms with van der Waals surface area (Å²) in [6, 6.07) is 5.04. The van der Waals surface area contributed by atoms with Crippen LogP contribution in [-0.4, -0.2) is 21.1 Å². The molecule has 70 valence electrons. The zero-order valence-electron chi connectivity index (χ0n) is 7.09. The molecule has 14 heavy (non-hydrogen) atoms. The maximum atomic E-state index is 10.4. The van der Waals surface area contributed by atoms with Crippen molar-refractivity contribution in [1.82, 2.24) is 14.8 Å². The second-order valence-electron chi connectivity index (χ2n) is 2.65. The van der Waals surface area contributed by atoms with Gasteiger partial charge in [-0.15, -0.1) is 0 Å². The molecule has 0 unspecified atom stereocenters. The lowest BCUT2D eigenvalue weighted by Crippen LogP contribution is -1.97. The van der Waals surface area contributed by atoms with Crippen LogP contribution >= 0.6 is 11.6 Å². The standard InChI is InChI=1S/C9H6ClN3O/c10-8-3-4-13(12-8)9-2-1-7(6-14)5-11-9/h1-6H. The van der Waals surface area contributed by atoms with E-state index >= 15 is 0 Å². The van der Waals surface area contributed by atoms with Crippen LogP contribution < -0.4 is 0 Å². The lowest BCUT2D eigenvalue weighted by molar-refractivity contribution is 0.112. The molecule has 0 aliphatic rings. The Hall–Kier alpha value is -1.68. The van der Waals surface area contributed by atoms with Crippen molar-refractivity contribution in [1.29, 1.82) is 0 Å². The van der Waals surface area contributed by atoms with Crippen molar-refractivity contribution in [2.45, 2.75) is 0 Å². The Morgan fingerprint density at radius 1 is 1.36 bits per heavy atom. The number of hydrogen-bond acceptors (Lipinski definition) is 3. The minimum absolute atomic E-state index is 0.409. The topological polar surface area (TPSA) is 47.8 Å². The average molecular weight is 208 g/mol. The van der Waals surface area contributed by atoms with E-state index in [1.54, 1.807) is 24.4 Å². The van der Waals surface area contributed by atoms with Crippen molar-refractivity contribution in [2.24, 2.45) is 0 Å². The molecule has 0 atom stereocenters. The smallest absolute Gasteiger partial charge is 0.153 e. The van der Waals surface area contributed by atoms with E-state index in [0.29, 0.717) is 16.5 Å². The molecule has 0 saturated heterocycles. The number of hydrogen-bond donors (Lipinski definition) is 0. The fraction of sp³-hybridized carbons (Fsp3) is 0. The van der Waals surface area contributed by atoms with Crippen LogP contribution in [0, 0.1) is 0 Å². The van der Waals surface area contributed by atoms with Crippen molar-refractivity contribution in [2.75, 3.05) is 0 Å². The van der Waals surface area contributed by atoms with Crippen LogP contribution in [0.4, 0.5) is 0 Å². The summed E-state index contributed by atoms with van der Waals surface area (Å²) >= 11 is 5.65. The summed E-state index contributed by atoms with van der Waals surface area (Å²) in [5.74, 6) is 0.627. The molecule has 0 saturated carbocycles. The predicted octanol–water partition coefficient (Wildman–Crippen LogP) is 1.73. The van der Waals surface area contributed by atoms with Crippen molar-refractivity contribution in [3.8, 4) is 5.82 Å². The molecule has 0 spiro atoms. The van der Waals surface area contributed by atoms with Gasteiger partial charge in [0.15, 0.2) is 17.3 Å². The van der Waals surface area contributed by atoms with Crippen molar-refractivity contribution in [3.63, 3.8) is 0 Å². The third-order valence-corrected chi connectivity index (χ3v) is 1.90. The molecule has 0 amide bonds. The van der Waals surface area contributed by atoms with Crippen LogP contribution in [0.15, 0.2) is 30.6 Å². The van der Waals surface area contributed by atoms with E-state index in [0.717, 1.165) is 6.29 Å². The second-order valence-corrected chi connectivity index (χ2v) is 3.04. The zero-order chi connectivity index (χ0) is 9.97. The molecular weight excluding hydrogens is 202 g/mol. The summed E-state index contributed by atoms with van der Waals surface area (Å²) in [4.78, 5) is 14.4. The van der Waals surface area contributed by atoms with E-state index in [-0.39, 0.29) is 0 Å². The van der Waals surface area contributed by atoms with Gasteiger partial charge in [0.1, 0.15) is 0 Å². The van der Waals surface area contributed by atoms with Crippen molar-refractivity contribution in [3.05, 3.63) is 41.3 Å². The van der Waals surface area contributed by atoms with Gasteiger partial charge in [-0.1, -0.05) is 11.6 Å². The average Bonchev–Trinajstić information content (AvgIpc) is 2.65.